The molecule has 2 aromatic rings. The summed E-state index contributed by atoms with van der Waals surface area (Å²) in [5.41, 5.74) is 3.78. The maximum absolute atomic E-state index is 12.4. The minimum atomic E-state index is -1.27. The van der Waals surface area contributed by atoms with Crippen LogP contribution in [0.25, 0.3) is 6.08 Å². The van der Waals surface area contributed by atoms with Crippen LogP contribution in [-0.4, -0.2) is 45.7 Å². The molecule has 1 unspecified atom stereocenters. The zero-order valence-corrected chi connectivity index (χ0v) is 14.9. The van der Waals surface area contributed by atoms with Gasteiger partial charge in [0.1, 0.15) is 6.29 Å². The van der Waals surface area contributed by atoms with Crippen LogP contribution in [0.1, 0.15) is 11.1 Å². The Hall–Kier alpha value is -2.06. The van der Waals surface area contributed by atoms with Gasteiger partial charge in [-0.1, -0.05) is 18.2 Å². The van der Waals surface area contributed by atoms with Gasteiger partial charge in [-0.15, -0.1) is 0 Å². The van der Waals surface area contributed by atoms with Gasteiger partial charge in [-0.2, -0.15) is 0 Å². The Morgan fingerprint density at radius 1 is 1.25 bits per heavy atom. The van der Waals surface area contributed by atoms with Crippen molar-refractivity contribution in [1.82, 2.24) is 14.4 Å². The van der Waals surface area contributed by atoms with E-state index in [9.17, 15) is 9.00 Å². The fraction of sp³-hybridized carbons (Fsp3) is 0.235. The Kier molecular flexibility index (Phi) is 8.88. The normalized spacial score (nSPS) is 12.0. The molecular weight excluding hydrogens is 326 g/mol. The molecule has 0 saturated carbocycles. The molecule has 2 rings (SSSR count). The molecule has 7 heteroatoms. The highest BCUT2D eigenvalue weighted by atomic mass is 32.2. The van der Waals surface area contributed by atoms with Crippen LogP contribution in [0.5, 0.6) is 0 Å². The van der Waals surface area contributed by atoms with E-state index in [0.717, 1.165) is 23.3 Å². The Bertz CT molecular complexity index is 679. The van der Waals surface area contributed by atoms with Crippen molar-refractivity contribution >= 4 is 23.3 Å². The van der Waals surface area contributed by atoms with Crippen molar-refractivity contribution in [3.05, 3.63) is 59.9 Å². The van der Waals surface area contributed by atoms with Gasteiger partial charge in [0.15, 0.2) is 11.0 Å². The van der Waals surface area contributed by atoms with E-state index in [1.807, 2.05) is 44.4 Å². The zero-order valence-electron chi connectivity index (χ0n) is 14.0. The van der Waals surface area contributed by atoms with Gasteiger partial charge in [0, 0.05) is 26.0 Å². The molecule has 0 aliphatic rings. The highest BCUT2D eigenvalue weighted by molar-refractivity contribution is 7.83. The van der Waals surface area contributed by atoms with Crippen LogP contribution >= 0.6 is 0 Å². The third-order valence-corrected chi connectivity index (χ3v) is 4.16. The van der Waals surface area contributed by atoms with Gasteiger partial charge >= 0.3 is 0 Å². The number of hydrogen-bond acceptors (Lipinski definition) is 5. The third kappa shape index (κ3) is 6.59. The lowest BCUT2D eigenvalue weighted by Gasteiger charge is -2.10. The number of nitrogens with zero attached hydrogens (tertiary/aromatic N) is 2. The number of rotatable bonds is 6. The molecule has 6 nitrogen and oxygen atoms in total. The molecule has 1 aromatic heterocycles. The fourth-order valence-electron chi connectivity index (χ4n) is 1.94. The first-order chi connectivity index (χ1) is 11.5. The van der Waals surface area contributed by atoms with Crippen molar-refractivity contribution < 1.29 is 14.2 Å². The lowest BCUT2D eigenvalue weighted by Crippen LogP contribution is -2.10. The number of carbonyl (C=O) groups is 1. The smallest absolute Gasteiger partial charge is 0.156 e. The molecule has 1 heterocycles. The lowest BCUT2D eigenvalue weighted by molar-refractivity contribution is -0.104. The second-order valence-corrected chi connectivity index (χ2v) is 6.55. The van der Waals surface area contributed by atoms with Crippen molar-refractivity contribution in [3.63, 3.8) is 0 Å². The van der Waals surface area contributed by atoms with E-state index in [1.165, 1.54) is 18.7 Å². The molecule has 0 spiro atoms. The summed E-state index contributed by atoms with van der Waals surface area (Å²) in [5.74, 6) is 0. The summed E-state index contributed by atoms with van der Waals surface area (Å²) in [7, 11) is 4.19. The summed E-state index contributed by atoms with van der Waals surface area (Å²) in [6.07, 6.45) is 7.31. The molecule has 0 aliphatic carbocycles. The number of carbonyl (C=O) groups excluding carboxylic acids is 1. The maximum atomic E-state index is 12.4. The highest BCUT2D eigenvalue weighted by Crippen LogP contribution is 2.14. The molecule has 0 amide bonds. The molecule has 2 N–H and O–H groups in total. The first-order valence-corrected chi connectivity index (χ1v) is 8.39. The Balaban J connectivity index is 0.000000891. The van der Waals surface area contributed by atoms with Gasteiger partial charge in [-0.3, -0.25) is 8.77 Å². The van der Waals surface area contributed by atoms with Crippen LogP contribution in [0.15, 0.2) is 53.7 Å². The summed E-state index contributed by atoms with van der Waals surface area (Å²) in [6, 6.07) is 9.57. The minimum absolute atomic E-state index is 0.720. The molecule has 0 radical (unpaired) electrons. The molecule has 130 valence electrons. The number of allylic oxidation sites excluding steroid dienone is 1. The number of benzene rings is 1. The Morgan fingerprint density at radius 2 is 1.88 bits per heavy atom. The number of hydroxylamine groups is 1. The Morgan fingerprint density at radius 3 is 2.42 bits per heavy atom. The van der Waals surface area contributed by atoms with Crippen molar-refractivity contribution in [2.75, 3.05) is 21.1 Å². The highest BCUT2D eigenvalue weighted by Gasteiger charge is 2.06. The second kappa shape index (κ2) is 10.7. The van der Waals surface area contributed by atoms with Gasteiger partial charge in [-0.25, -0.2) is 9.69 Å². The number of nitrogens with one attached hydrogen (secondary N) is 1. The lowest BCUT2D eigenvalue weighted by atomic mass is 10.2. The molecule has 1 atom stereocenters. The summed E-state index contributed by atoms with van der Waals surface area (Å²) < 4.78 is 14.1. The van der Waals surface area contributed by atoms with Crippen LogP contribution < -0.4 is 5.48 Å². The molecule has 0 bridgehead atoms. The molecule has 0 aliphatic heterocycles. The first-order valence-electron chi connectivity index (χ1n) is 7.28. The van der Waals surface area contributed by atoms with Crippen molar-refractivity contribution in [3.8, 4) is 0 Å². The fourth-order valence-corrected chi connectivity index (χ4v) is 2.94. The number of hydrogen-bond donors (Lipinski definition) is 2. The quantitative estimate of drug-likeness (QED) is 0.473. The monoisotopic (exact) mass is 349 g/mol. The van der Waals surface area contributed by atoms with E-state index in [4.69, 9.17) is 5.21 Å². The van der Waals surface area contributed by atoms with Gasteiger partial charge in [0.2, 0.25) is 0 Å². The van der Waals surface area contributed by atoms with Crippen molar-refractivity contribution in [2.24, 2.45) is 0 Å². The van der Waals surface area contributed by atoms with Crippen LogP contribution in [0.3, 0.4) is 0 Å². The summed E-state index contributed by atoms with van der Waals surface area (Å²) >= 11 is 0. The molecule has 0 saturated heterocycles. The second-order valence-electron chi connectivity index (χ2n) is 5.15. The first kappa shape index (κ1) is 20.0. The van der Waals surface area contributed by atoms with E-state index in [0.29, 0.717) is 0 Å². The van der Waals surface area contributed by atoms with Gasteiger partial charge in [0.25, 0.3) is 0 Å². The van der Waals surface area contributed by atoms with Crippen LogP contribution in [0.4, 0.5) is 0 Å². The third-order valence-electron chi connectivity index (χ3n) is 2.87. The van der Waals surface area contributed by atoms with Crippen LogP contribution in [-0.2, 0) is 22.3 Å². The van der Waals surface area contributed by atoms with Crippen molar-refractivity contribution in [1.29, 1.82) is 0 Å². The van der Waals surface area contributed by atoms with Crippen molar-refractivity contribution in [2.45, 2.75) is 11.4 Å². The molecule has 24 heavy (non-hydrogen) atoms. The van der Waals surface area contributed by atoms with Gasteiger partial charge in [0.05, 0.1) is 4.90 Å². The summed E-state index contributed by atoms with van der Waals surface area (Å²) in [5, 5.41) is 7.32. The van der Waals surface area contributed by atoms with Crippen LogP contribution in [0.2, 0.25) is 0 Å². The average Bonchev–Trinajstić information content (AvgIpc) is 3.02. The SMILES string of the molecule is CN(C)Cc1ccc(S(=O)n2ccc(/C=C/C=O)c2)cc1.CNO. The number of aldehydes is 1. The van der Waals surface area contributed by atoms with Crippen LogP contribution in [0, 0.1) is 0 Å². The minimum Gasteiger partial charge on any atom is -0.317 e. The summed E-state index contributed by atoms with van der Waals surface area (Å²) in [4.78, 5) is 13.1. The molecule has 0 fully saturated rings. The maximum Gasteiger partial charge on any atom is 0.156 e. The zero-order chi connectivity index (χ0) is 17.9. The Labute approximate surface area is 145 Å². The number of aromatic nitrogens is 1. The van der Waals surface area contributed by atoms with E-state index in [-0.39, 0.29) is 0 Å². The average molecular weight is 349 g/mol. The standard InChI is InChI=1S/C16H18N2O2S.CH5NO/c1-17(2)12-15-5-7-16(8-6-15)21(20)18-10-9-14(13-18)4-3-11-19;1-2-3/h3-11,13H,12H2,1-2H3;2-3H,1H3/b4-3+;. The molecule has 1 aromatic carbocycles. The largest absolute Gasteiger partial charge is 0.317 e. The van der Waals surface area contributed by atoms with E-state index >= 15 is 0 Å². The predicted molar refractivity (Wildman–Crippen MR) is 96.0 cm³/mol. The topological polar surface area (TPSA) is 74.6 Å². The summed E-state index contributed by atoms with van der Waals surface area (Å²) in [6.45, 7) is 0.858. The molecular formula is C17H23N3O3S. The predicted octanol–water partition coefficient (Wildman–Crippen LogP) is 1.93. The van der Waals surface area contributed by atoms with Gasteiger partial charge < -0.3 is 10.1 Å². The van der Waals surface area contributed by atoms with Gasteiger partial charge in [-0.05, 0) is 49.5 Å². The van der Waals surface area contributed by atoms with E-state index in [2.05, 4.69) is 4.90 Å². The van der Waals surface area contributed by atoms with E-state index < -0.39 is 11.0 Å². The van der Waals surface area contributed by atoms with E-state index in [1.54, 1.807) is 27.9 Å².